The molecular formula is C13H17N3O2. The Balaban J connectivity index is 1.81. The van der Waals surface area contributed by atoms with Crippen molar-refractivity contribution in [3.05, 3.63) is 18.1 Å². The van der Waals surface area contributed by atoms with Crippen molar-refractivity contribution in [2.75, 3.05) is 5.32 Å². The second-order valence-electron chi connectivity index (χ2n) is 5.41. The molecule has 0 aliphatic heterocycles. The number of carboxylic acid groups (broad SMARTS) is 1. The predicted octanol–water partition coefficient (Wildman–Crippen LogP) is 1.70. The van der Waals surface area contributed by atoms with E-state index >= 15 is 0 Å². The summed E-state index contributed by atoms with van der Waals surface area (Å²) in [4.78, 5) is 19.6. The van der Waals surface area contributed by atoms with Crippen molar-refractivity contribution in [3.63, 3.8) is 0 Å². The van der Waals surface area contributed by atoms with Crippen molar-refractivity contribution < 1.29 is 9.90 Å². The fourth-order valence-electron chi connectivity index (χ4n) is 3.56. The number of hydrogen-bond donors (Lipinski definition) is 2. The average Bonchev–Trinajstić information content (AvgIpc) is 2.89. The van der Waals surface area contributed by atoms with Gasteiger partial charge in [0, 0.05) is 17.8 Å². The van der Waals surface area contributed by atoms with Crippen LogP contribution in [0.1, 0.15) is 25.0 Å². The van der Waals surface area contributed by atoms with Crippen LogP contribution in [0.4, 0.5) is 5.82 Å². The van der Waals surface area contributed by atoms with Gasteiger partial charge in [-0.15, -0.1) is 0 Å². The SMILES string of the molecule is Cc1cc(NC2C3CCC(C3)C2C(=O)O)ncn1. The normalized spacial score (nSPS) is 33.6. The number of nitrogens with zero attached hydrogens (tertiary/aromatic N) is 2. The van der Waals surface area contributed by atoms with Crippen LogP contribution in [0.5, 0.6) is 0 Å². The van der Waals surface area contributed by atoms with E-state index in [0.717, 1.165) is 30.8 Å². The first kappa shape index (κ1) is 11.4. The van der Waals surface area contributed by atoms with Crippen LogP contribution >= 0.6 is 0 Å². The van der Waals surface area contributed by atoms with Gasteiger partial charge in [0.05, 0.1) is 5.92 Å². The van der Waals surface area contributed by atoms with E-state index in [1.807, 2.05) is 13.0 Å². The lowest BCUT2D eigenvalue weighted by Gasteiger charge is -2.29. The van der Waals surface area contributed by atoms with E-state index < -0.39 is 5.97 Å². The quantitative estimate of drug-likeness (QED) is 0.850. The van der Waals surface area contributed by atoms with Crippen molar-refractivity contribution in [1.29, 1.82) is 0 Å². The molecule has 2 bridgehead atoms. The van der Waals surface area contributed by atoms with Gasteiger partial charge in [0.25, 0.3) is 0 Å². The molecule has 5 nitrogen and oxygen atoms in total. The molecule has 18 heavy (non-hydrogen) atoms. The van der Waals surface area contributed by atoms with Crippen molar-refractivity contribution in [3.8, 4) is 0 Å². The van der Waals surface area contributed by atoms with E-state index in [4.69, 9.17) is 0 Å². The minimum absolute atomic E-state index is 0.0237. The lowest BCUT2D eigenvalue weighted by molar-refractivity contribution is -0.143. The lowest BCUT2D eigenvalue weighted by atomic mass is 9.84. The minimum Gasteiger partial charge on any atom is -0.481 e. The van der Waals surface area contributed by atoms with Crippen molar-refractivity contribution >= 4 is 11.8 Å². The van der Waals surface area contributed by atoms with E-state index in [1.54, 1.807) is 0 Å². The second-order valence-corrected chi connectivity index (χ2v) is 5.41. The van der Waals surface area contributed by atoms with E-state index in [2.05, 4.69) is 15.3 Å². The van der Waals surface area contributed by atoms with Crippen LogP contribution in [0.15, 0.2) is 12.4 Å². The smallest absolute Gasteiger partial charge is 0.308 e. The molecular weight excluding hydrogens is 230 g/mol. The molecule has 1 aromatic heterocycles. The first-order chi connectivity index (χ1) is 8.65. The van der Waals surface area contributed by atoms with Gasteiger partial charge in [-0.2, -0.15) is 0 Å². The van der Waals surface area contributed by atoms with Gasteiger partial charge in [-0.25, -0.2) is 9.97 Å². The second kappa shape index (κ2) is 4.23. The van der Waals surface area contributed by atoms with Gasteiger partial charge in [0.1, 0.15) is 12.1 Å². The molecule has 3 rings (SSSR count). The van der Waals surface area contributed by atoms with Crippen LogP contribution in [0.25, 0.3) is 0 Å². The number of nitrogens with one attached hydrogen (secondary N) is 1. The Morgan fingerprint density at radius 2 is 2.17 bits per heavy atom. The Morgan fingerprint density at radius 3 is 2.89 bits per heavy atom. The van der Waals surface area contributed by atoms with Crippen LogP contribution in [-0.4, -0.2) is 27.1 Å². The number of anilines is 1. The summed E-state index contributed by atoms with van der Waals surface area (Å²) in [6.45, 7) is 1.91. The lowest BCUT2D eigenvalue weighted by Crippen LogP contribution is -2.39. The minimum atomic E-state index is -0.675. The molecule has 2 aliphatic carbocycles. The molecule has 1 heterocycles. The van der Waals surface area contributed by atoms with Crippen LogP contribution in [0.2, 0.25) is 0 Å². The molecule has 0 spiro atoms. The van der Waals surface area contributed by atoms with Crippen LogP contribution in [0, 0.1) is 24.7 Å². The number of fused-ring (bicyclic) bond motifs is 2. The highest BCUT2D eigenvalue weighted by Gasteiger charge is 2.51. The third-order valence-electron chi connectivity index (χ3n) is 4.32. The molecule has 96 valence electrons. The highest BCUT2D eigenvalue weighted by Crippen LogP contribution is 2.49. The number of carbonyl (C=O) groups is 1. The maximum Gasteiger partial charge on any atom is 0.308 e. The number of carboxylic acids is 1. The molecule has 2 N–H and O–H groups in total. The summed E-state index contributed by atoms with van der Waals surface area (Å²) in [6.07, 6.45) is 4.75. The monoisotopic (exact) mass is 247 g/mol. The third-order valence-corrected chi connectivity index (χ3v) is 4.32. The number of rotatable bonds is 3. The third kappa shape index (κ3) is 1.83. The summed E-state index contributed by atoms with van der Waals surface area (Å²) < 4.78 is 0. The largest absolute Gasteiger partial charge is 0.481 e. The Bertz CT molecular complexity index is 477. The molecule has 0 radical (unpaired) electrons. The van der Waals surface area contributed by atoms with E-state index in [9.17, 15) is 9.90 Å². The Kier molecular flexibility index (Phi) is 2.69. The summed E-state index contributed by atoms with van der Waals surface area (Å²) in [5.41, 5.74) is 0.891. The standard InChI is InChI=1S/C13H17N3O2/c1-7-4-10(15-6-14-7)16-12-9-3-2-8(5-9)11(12)13(17)18/h4,6,8-9,11-12H,2-3,5H2,1H3,(H,17,18)(H,14,15,16). The summed E-state index contributed by atoms with van der Waals surface area (Å²) in [6, 6.07) is 1.89. The summed E-state index contributed by atoms with van der Waals surface area (Å²) in [5, 5.41) is 12.7. The predicted molar refractivity (Wildman–Crippen MR) is 66.1 cm³/mol. The van der Waals surface area contributed by atoms with Crippen molar-refractivity contribution in [2.24, 2.45) is 17.8 Å². The van der Waals surface area contributed by atoms with Gasteiger partial charge in [-0.1, -0.05) is 0 Å². The number of aryl methyl sites for hydroxylation is 1. The summed E-state index contributed by atoms with van der Waals surface area (Å²) in [5.74, 6) is 0.620. The Hall–Kier alpha value is -1.65. The van der Waals surface area contributed by atoms with Crippen molar-refractivity contribution in [1.82, 2.24) is 9.97 Å². The molecule has 0 aromatic carbocycles. The zero-order valence-electron chi connectivity index (χ0n) is 10.3. The molecule has 2 fully saturated rings. The summed E-state index contributed by atoms with van der Waals surface area (Å²) >= 11 is 0. The molecule has 2 saturated carbocycles. The van der Waals surface area contributed by atoms with E-state index in [1.165, 1.54) is 6.33 Å². The van der Waals surface area contributed by atoms with Gasteiger partial charge in [0.2, 0.25) is 0 Å². The fraction of sp³-hybridized carbons (Fsp3) is 0.615. The molecule has 4 unspecified atom stereocenters. The van der Waals surface area contributed by atoms with Crippen molar-refractivity contribution in [2.45, 2.75) is 32.2 Å². The van der Waals surface area contributed by atoms with Crippen LogP contribution in [-0.2, 0) is 4.79 Å². The fourth-order valence-corrected chi connectivity index (χ4v) is 3.56. The molecule has 1 aromatic rings. The topological polar surface area (TPSA) is 75.1 Å². The zero-order valence-corrected chi connectivity index (χ0v) is 10.3. The average molecular weight is 247 g/mol. The Labute approximate surface area is 106 Å². The van der Waals surface area contributed by atoms with Gasteiger partial charge in [0.15, 0.2) is 0 Å². The summed E-state index contributed by atoms with van der Waals surface area (Å²) in [7, 11) is 0. The van der Waals surface area contributed by atoms with E-state index in [0.29, 0.717) is 11.8 Å². The molecule has 2 aliphatic rings. The highest BCUT2D eigenvalue weighted by molar-refractivity contribution is 5.73. The molecule has 5 heteroatoms. The first-order valence-electron chi connectivity index (χ1n) is 6.43. The maximum absolute atomic E-state index is 11.4. The first-order valence-corrected chi connectivity index (χ1v) is 6.43. The Morgan fingerprint density at radius 1 is 1.39 bits per heavy atom. The van der Waals surface area contributed by atoms with Gasteiger partial charge in [-0.05, 0) is 38.0 Å². The van der Waals surface area contributed by atoms with Gasteiger partial charge < -0.3 is 10.4 Å². The highest BCUT2D eigenvalue weighted by atomic mass is 16.4. The van der Waals surface area contributed by atoms with E-state index in [-0.39, 0.29) is 12.0 Å². The maximum atomic E-state index is 11.4. The molecule has 0 amide bonds. The number of hydrogen-bond acceptors (Lipinski definition) is 4. The van der Waals surface area contributed by atoms with Crippen LogP contribution in [0.3, 0.4) is 0 Å². The zero-order chi connectivity index (χ0) is 12.7. The number of aromatic nitrogens is 2. The molecule has 0 saturated heterocycles. The van der Waals surface area contributed by atoms with Crippen LogP contribution < -0.4 is 5.32 Å². The molecule has 4 atom stereocenters. The number of aliphatic carboxylic acids is 1. The van der Waals surface area contributed by atoms with Gasteiger partial charge >= 0.3 is 5.97 Å². The van der Waals surface area contributed by atoms with Gasteiger partial charge in [-0.3, -0.25) is 4.79 Å².